The van der Waals surface area contributed by atoms with Crippen molar-refractivity contribution in [3.63, 3.8) is 0 Å². The molecule has 0 N–H and O–H groups in total. The number of fused-ring (bicyclic) bond motifs is 1. The molecule has 1 heterocycles. The minimum absolute atomic E-state index is 0.0617. The number of carbonyl (C=O) groups is 1. The van der Waals surface area contributed by atoms with Crippen LogP contribution in [0.5, 0.6) is 17.2 Å². The quantitative estimate of drug-likeness (QED) is 0.294. The molecule has 3 aromatic carbocycles. The van der Waals surface area contributed by atoms with E-state index in [1.807, 2.05) is 48.5 Å². The first-order valence-electron chi connectivity index (χ1n) is 10.3. The summed E-state index contributed by atoms with van der Waals surface area (Å²) in [5, 5.41) is 0. The summed E-state index contributed by atoms with van der Waals surface area (Å²) in [7, 11) is 3.15. The van der Waals surface area contributed by atoms with Crippen molar-refractivity contribution in [3.8, 4) is 17.2 Å². The third-order valence-corrected chi connectivity index (χ3v) is 5.56. The van der Waals surface area contributed by atoms with Crippen molar-refractivity contribution in [1.29, 1.82) is 0 Å². The van der Waals surface area contributed by atoms with Gasteiger partial charge < -0.3 is 23.7 Å². The second kappa shape index (κ2) is 10.6. The molecule has 7 heteroatoms. The van der Waals surface area contributed by atoms with Gasteiger partial charge in [-0.25, -0.2) is 4.79 Å². The van der Waals surface area contributed by atoms with E-state index in [1.54, 1.807) is 32.4 Å². The lowest BCUT2D eigenvalue weighted by molar-refractivity contribution is -0.139. The van der Waals surface area contributed by atoms with Crippen LogP contribution in [0.3, 0.4) is 0 Å². The summed E-state index contributed by atoms with van der Waals surface area (Å²) in [6, 6.07) is 18.9. The Morgan fingerprint density at radius 1 is 1.09 bits per heavy atom. The van der Waals surface area contributed by atoms with Gasteiger partial charge in [-0.3, -0.25) is 0 Å². The van der Waals surface area contributed by atoms with Crippen LogP contribution in [0.15, 0.2) is 71.2 Å². The van der Waals surface area contributed by atoms with E-state index in [0.717, 1.165) is 26.7 Å². The number of hydrogen-bond acceptors (Lipinski definition) is 6. The molecule has 0 saturated carbocycles. The predicted molar refractivity (Wildman–Crippen MR) is 127 cm³/mol. The Morgan fingerprint density at radius 2 is 1.91 bits per heavy atom. The van der Waals surface area contributed by atoms with Gasteiger partial charge in [0.1, 0.15) is 23.9 Å². The third kappa shape index (κ3) is 5.56. The van der Waals surface area contributed by atoms with Crippen LogP contribution in [0.25, 0.3) is 6.08 Å². The van der Waals surface area contributed by atoms with E-state index in [2.05, 4.69) is 15.9 Å². The zero-order valence-corrected chi connectivity index (χ0v) is 19.8. The highest BCUT2D eigenvalue weighted by molar-refractivity contribution is 9.10. The lowest BCUT2D eigenvalue weighted by Gasteiger charge is -2.28. The highest BCUT2D eigenvalue weighted by Gasteiger charge is 2.25. The van der Waals surface area contributed by atoms with Crippen LogP contribution in [0.2, 0.25) is 0 Å². The summed E-state index contributed by atoms with van der Waals surface area (Å²) >= 11 is 3.51. The van der Waals surface area contributed by atoms with Gasteiger partial charge in [-0.2, -0.15) is 0 Å². The molecule has 1 aliphatic rings. The number of rotatable bonds is 7. The average Bonchev–Trinajstić information content (AvgIpc) is 2.86. The number of methoxy groups -OCH3 is 2. The molecule has 3 aromatic rings. The van der Waals surface area contributed by atoms with Crippen LogP contribution in [0.4, 0.5) is 0 Å². The summed E-state index contributed by atoms with van der Waals surface area (Å²) in [6.45, 7) is 0.457. The lowest BCUT2D eigenvalue weighted by Crippen LogP contribution is -2.19. The van der Waals surface area contributed by atoms with Gasteiger partial charge in [-0.15, -0.1) is 0 Å². The van der Waals surface area contributed by atoms with Gasteiger partial charge in [0, 0.05) is 38.9 Å². The van der Waals surface area contributed by atoms with Crippen LogP contribution in [-0.4, -0.2) is 20.2 Å². The fourth-order valence-electron chi connectivity index (χ4n) is 3.47. The number of benzene rings is 3. The van der Waals surface area contributed by atoms with Crippen LogP contribution < -0.4 is 14.2 Å². The van der Waals surface area contributed by atoms with Crippen molar-refractivity contribution in [3.05, 3.63) is 93.5 Å². The molecule has 0 saturated heterocycles. The zero-order valence-electron chi connectivity index (χ0n) is 18.2. The predicted octanol–water partition coefficient (Wildman–Crippen LogP) is 5.83. The standard InChI is InChI=1S/C26H23BrO6/c1-29-22-10-8-17(23(14-22)30-2)9-11-24(28)31-15-19-12-21(27)13-20-16-32-26(33-25(19)20)18-6-4-3-5-7-18/h3-14,26H,15-16H2,1-2H3/b11-9+. The zero-order chi connectivity index (χ0) is 23.2. The van der Waals surface area contributed by atoms with Crippen molar-refractivity contribution in [2.24, 2.45) is 0 Å². The molecule has 0 fully saturated rings. The summed E-state index contributed by atoms with van der Waals surface area (Å²) in [6.07, 6.45) is 2.50. The van der Waals surface area contributed by atoms with Gasteiger partial charge in [-0.05, 0) is 30.3 Å². The first kappa shape index (κ1) is 22.9. The van der Waals surface area contributed by atoms with Gasteiger partial charge in [-0.1, -0.05) is 46.3 Å². The molecule has 0 aromatic heterocycles. The Labute approximate surface area is 200 Å². The van der Waals surface area contributed by atoms with Gasteiger partial charge in [0.25, 0.3) is 0 Å². The molecule has 6 nitrogen and oxygen atoms in total. The molecule has 0 amide bonds. The molecular formula is C26H23BrO6. The molecule has 1 atom stereocenters. The highest BCUT2D eigenvalue weighted by Crippen LogP contribution is 2.38. The Morgan fingerprint density at radius 3 is 2.67 bits per heavy atom. The number of halogens is 1. The molecular weight excluding hydrogens is 488 g/mol. The maximum Gasteiger partial charge on any atom is 0.331 e. The SMILES string of the molecule is COc1ccc(/C=C/C(=O)OCc2cc(Br)cc3c2OC(c2ccccc2)OC3)c(OC)c1. The van der Waals surface area contributed by atoms with Crippen molar-refractivity contribution in [2.75, 3.05) is 14.2 Å². The smallest absolute Gasteiger partial charge is 0.331 e. The molecule has 0 spiro atoms. The van der Waals surface area contributed by atoms with E-state index < -0.39 is 12.3 Å². The van der Waals surface area contributed by atoms with Crippen LogP contribution in [-0.2, 0) is 27.5 Å². The molecule has 33 heavy (non-hydrogen) atoms. The second-order valence-electron chi connectivity index (χ2n) is 7.27. The van der Waals surface area contributed by atoms with Crippen molar-refractivity contribution in [2.45, 2.75) is 19.5 Å². The number of carbonyl (C=O) groups excluding carboxylic acids is 1. The van der Waals surface area contributed by atoms with Crippen LogP contribution in [0.1, 0.15) is 28.5 Å². The summed E-state index contributed by atoms with van der Waals surface area (Å²) < 4.78 is 28.9. The maximum absolute atomic E-state index is 12.4. The number of ether oxygens (including phenoxy) is 5. The van der Waals surface area contributed by atoms with Gasteiger partial charge in [0.05, 0.1) is 20.8 Å². The molecule has 0 radical (unpaired) electrons. The summed E-state index contributed by atoms with van der Waals surface area (Å²) in [4.78, 5) is 12.4. The Kier molecular flexibility index (Phi) is 7.32. The first-order chi connectivity index (χ1) is 16.1. The average molecular weight is 511 g/mol. The van der Waals surface area contributed by atoms with Gasteiger partial charge >= 0.3 is 5.97 Å². The minimum Gasteiger partial charge on any atom is -0.497 e. The summed E-state index contributed by atoms with van der Waals surface area (Å²) in [5.41, 5.74) is 3.31. The van der Waals surface area contributed by atoms with Crippen LogP contribution >= 0.6 is 15.9 Å². The highest BCUT2D eigenvalue weighted by atomic mass is 79.9. The van der Waals surface area contributed by atoms with E-state index in [9.17, 15) is 4.79 Å². The monoisotopic (exact) mass is 510 g/mol. The fourth-order valence-corrected chi connectivity index (χ4v) is 4.02. The molecule has 1 unspecified atom stereocenters. The Hall–Kier alpha value is -3.29. The maximum atomic E-state index is 12.4. The van der Waals surface area contributed by atoms with Crippen molar-refractivity contribution < 1.29 is 28.5 Å². The molecule has 4 rings (SSSR count). The van der Waals surface area contributed by atoms with Crippen LogP contribution in [0, 0.1) is 0 Å². The Balaban J connectivity index is 1.46. The minimum atomic E-state index is -0.517. The van der Waals surface area contributed by atoms with Gasteiger partial charge in [0.2, 0.25) is 6.29 Å². The molecule has 0 bridgehead atoms. The largest absolute Gasteiger partial charge is 0.497 e. The second-order valence-corrected chi connectivity index (χ2v) is 8.19. The van der Waals surface area contributed by atoms with E-state index in [4.69, 9.17) is 23.7 Å². The topological polar surface area (TPSA) is 63.2 Å². The third-order valence-electron chi connectivity index (χ3n) is 5.10. The first-order valence-corrected chi connectivity index (χ1v) is 11.1. The van der Waals surface area contributed by atoms with E-state index in [0.29, 0.717) is 23.9 Å². The lowest BCUT2D eigenvalue weighted by atomic mass is 10.1. The van der Waals surface area contributed by atoms with E-state index in [-0.39, 0.29) is 6.61 Å². The number of hydrogen-bond donors (Lipinski definition) is 0. The molecule has 1 aliphatic heterocycles. The molecule has 170 valence electrons. The normalized spacial score (nSPS) is 14.9. The van der Waals surface area contributed by atoms with E-state index in [1.165, 1.54) is 6.08 Å². The van der Waals surface area contributed by atoms with Gasteiger partial charge in [0.15, 0.2) is 0 Å². The number of esters is 1. The fraction of sp³-hybridized carbons (Fsp3) is 0.192. The van der Waals surface area contributed by atoms with E-state index >= 15 is 0 Å². The Bertz CT molecular complexity index is 1160. The summed E-state index contributed by atoms with van der Waals surface area (Å²) in [5.74, 6) is 1.46. The van der Waals surface area contributed by atoms with Crippen molar-refractivity contribution in [1.82, 2.24) is 0 Å². The molecule has 0 aliphatic carbocycles. The van der Waals surface area contributed by atoms with Crippen molar-refractivity contribution >= 4 is 28.0 Å².